The Kier molecular flexibility index (Phi) is 3.75. The van der Waals surface area contributed by atoms with Crippen LogP contribution in [0.1, 0.15) is 19.4 Å². The summed E-state index contributed by atoms with van der Waals surface area (Å²) < 4.78 is 2.56. The number of halogens is 1. The first-order chi connectivity index (χ1) is 7.16. The van der Waals surface area contributed by atoms with Crippen molar-refractivity contribution in [3.8, 4) is 0 Å². The molecule has 1 aromatic carbocycles. The SMILES string of the molecule is CC(C)SCc1csc2ccc(Br)cc12. The van der Waals surface area contributed by atoms with Gasteiger partial charge in [0.15, 0.2) is 0 Å². The van der Waals surface area contributed by atoms with Crippen LogP contribution in [0.4, 0.5) is 0 Å². The average molecular weight is 301 g/mol. The molecule has 0 aliphatic carbocycles. The van der Waals surface area contributed by atoms with Crippen molar-refractivity contribution in [2.75, 3.05) is 0 Å². The molecule has 15 heavy (non-hydrogen) atoms. The van der Waals surface area contributed by atoms with Gasteiger partial charge in [-0.15, -0.1) is 11.3 Å². The van der Waals surface area contributed by atoms with Gasteiger partial charge in [0.2, 0.25) is 0 Å². The van der Waals surface area contributed by atoms with Crippen LogP contribution in [-0.2, 0) is 5.75 Å². The fourth-order valence-electron chi connectivity index (χ4n) is 1.42. The number of hydrogen-bond donors (Lipinski definition) is 0. The van der Waals surface area contributed by atoms with E-state index < -0.39 is 0 Å². The number of thiophene rings is 1. The molecule has 0 aliphatic rings. The van der Waals surface area contributed by atoms with Crippen molar-refractivity contribution in [3.05, 3.63) is 33.6 Å². The minimum atomic E-state index is 0.701. The first-order valence-corrected chi connectivity index (χ1v) is 7.66. The van der Waals surface area contributed by atoms with Crippen LogP contribution in [0.5, 0.6) is 0 Å². The van der Waals surface area contributed by atoms with Gasteiger partial charge in [0, 0.05) is 14.9 Å². The van der Waals surface area contributed by atoms with Gasteiger partial charge in [-0.05, 0) is 39.8 Å². The first-order valence-electron chi connectivity index (χ1n) is 4.94. The van der Waals surface area contributed by atoms with Gasteiger partial charge < -0.3 is 0 Å². The molecule has 0 saturated carbocycles. The van der Waals surface area contributed by atoms with E-state index in [4.69, 9.17) is 0 Å². The molecule has 0 atom stereocenters. The molecule has 0 spiro atoms. The summed E-state index contributed by atoms with van der Waals surface area (Å²) in [6.07, 6.45) is 0. The predicted octanol–water partition coefficient (Wildman–Crippen LogP) is 5.31. The molecular formula is C12H13BrS2. The molecule has 0 N–H and O–H groups in total. The molecule has 0 fully saturated rings. The highest BCUT2D eigenvalue weighted by atomic mass is 79.9. The van der Waals surface area contributed by atoms with Crippen LogP contribution >= 0.6 is 39.0 Å². The van der Waals surface area contributed by atoms with Crippen molar-refractivity contribution >= 4 is 49.1 Å². The van der Waals surface area contributed by atoms with Crippen molar-refractivity contribution in [3.63, 3.8) is 0 Å². The van der Waals surface area contributed by atoms with Gasteiger partial charge in [-0.25, -0.2) is 0 Å². The van der Waals surface area contributed by atoms with E-state index in [1.54, 1.807) is 0 Å². The maximum Gasteiger partial charge on any atom is 0.0346 e. The lowest BCUT2D eigenvalue weighted by Gasteiger charge is -2.03. The number of hydrogen-bond acceptors (Lipinski definition) is 2. The van der Waals surface area contributed by atoms with E-state index in [0.29, 0.717) is 5.25 Å². The third kappa shape index (κ3) is 2.77. The molecule has 2 rings (SSSR count). The summed E-state index contributed by atoms with van der Waals surface area (Å²) in [5, 5.41) is 4.39. The second-order valence-corrected chi connectivity index (χ2v) is 7.15. The molecule has 80 valence electrons. The fourth-order valence-corrected chi connectivity index (χ4v) is 3.58. The zero-order chi connectivity index (χ0) is 10.8. The Balaban J connectivity index is 2.31. The van der Waals surface area contributed by atoms with Crippen LogP contribution in [0.15, 0.2) is 28.1 Å². The summed E-state index contributed by atoms with van der Waals surface area (Å²) in [6, 6.07) is 6.52. The van der Waals surface area contributed by atoms with Gasteiger partial charge in [0.1, 0.15) is 0 Å². The number of fused-ring (bicyclic) bond motifs is 1. The monoisotopic (exact) mass is 300 g/mol. The Morgan fingerprint density at radius 1 is 1.40 bits per heavy atom. The van der Waals surface area contributed by atoms with Crippen molar-refractivity contribution < 1.29 is 0 Å². The van der Waals surface area contributed by atoms with Crippen molar-refractivity contribution in [1.82, 2.24) is 0 Å². The summed E-state index contributed by atoms with van der Waals surface area (Å²) in [4.78, 5) is 0. The first kappa shape index (κ1) is 11.5. The minimum absolute atomic E-state index is 0.701. The minimum Gasteiger partial charge on any atom is -0.154 e. The highest BCUT2D eigenvalue weighted by molar-refractivity contribution is 9.10. The second-order valence-electron chi connectivity index (χ2n) is 3.76. The molecule has 1 aromatic heterocycles. The molecule has 0 saturated heterocycles. The van der Waals surface area contributed by atoms with Gasteiger partial charge in [0.25, 0.3) is 0 Å². The topological polar surface area (TPSA) is 0 Å². The Hall–Kier alpha value is 0.01000. The lowest BCUT2D eigenvalue weighted by molar-refractivity contribution is 1.11. The van der Waals surface area contributed by atoms with Crippen LogP contribution in [0.25, 0.3) is 10.1 Å². The van der Waals surface area contributed by atoms with Gasteiger partial charge in [-0.3, -0.25) is 0 Å². The summed E-state index contributed by atoms with van der Waals surface area (Å²) in [6.45, 7) is 4.49. The van der Waals surface area contributed by atoms with Gasteiger partial charge >= 0.3 is 0 Å². The molecule has 0 bridgehead atoms. The number of rotatable bonds is 3. The van der Waals surface area contributed by atoms with Crippen LogP contribution in [-0.4, -0.2) is 5.25 Å². The molecular weight excluding hydrogens is 288 g/mol. The number of benzene rings is 1. The summed E-state index contributed by atoms with van der Waals surface area (Å²) in [5.41, 5.74) is 1.47. The van der Waals surface area contributed by atoms with Gasteiger partial charge in [-0.2, -0.15) is 11.8 Å². The highest BCUT2D eigenvalue weighted by Crippen LogP contribution is 2.31. The van der Waals surface area contributed by atoms with E-state index in [1.807, 2.05) is 23.1 Å². The second kappa shape index (κ2) is 4.89. The van der Waals surface area contributed by atoms with E-state index in [-0.39, 0.29) is 0 Å². The Morgan fingerprint density at radius 3 is 2.93 bits per heavy atom. The standard InChI is InChI=1S/C12H13BrS2/c1-8(2)14-6-9-7-15-12-4-3-10(13)5-11(9)12/h3-5,7-8H,6H2,1-2H3. The van der Waals surface area contributed by atoms with Crippen LogP contribution < -0.4 is 0 Å². The van der Waals surface area contributed by atoms with Crippen molar-refractivity contribution in [2.24, 2.45) is 0 Å². The lowest BCUT2D eigenvalue weighted by Crippen LogP contribution is -1.87. The quantitative estimate of drug-likeness (QED) is 0.740. The van der Waals surface area contributed by atoms with E-state index in [1.165, 1.54) is 20.1 Å². The van der Waals surface area contributed by atoms with E-state index >= 15 is 0 Å². The summed E-state index contributed by atoms with van der Waals surface area (Å²) in [5.74, 6) is 1.12. The molecule has 1 heterocycles. The van der Waals surface area contributed by atoms with E-state index in [9.17, 15) is 0 Å². The van der Waals surface area contributed by atoms with Crippen LogP contribution in [0.3, 0.4) is 0 Å². The zero-order valence-corrected chi connectivity index (χ0v) is 12.0. The average Bonchev–Trinajstić information content (AvgIpc) is 2.57. The summed E-state index contributed by atoms with van der Waals surface area (Å²) >= 11 is 7.37. The molecule has 2 aromatic rings. The van der Waals surface area contributed by atoms with Gasteiger partial charge in [0.05, 0.1) is 0 Å². The molecule has 0 radical (unpaired) electrons. The zero-order valence-electron chi connectivity index (χ0n) is 8.79. The highest BCUT2D eigenvalue weighted by Gasteiger charge is 2.05. The third-order valence-electron chi connectivity index (χ3n) is 2.19. The van der Waals surface area contributed by atoms with E-state index in [2.05, 4.69) is 53.4 Å². The predicted molar refractivity (Wildman–Crippen MR) is 76.0 cm³/mol. The molecule has 3 heteroatoms. The van der Waals surface area contributed by atoms with Crippen molar-refractivity contribution in [1.29, 1.82) is 0 Å². The van der Waals surface area contributed by atoms with Crippen LogP contribution in [0, 0.1) is 0 Å². The maximum absolute atomic E-state index is 3.53. The third-order valence-corrected chi connectivity index (χ3v) is 4.84. The molecule has 0 aliphatic heterocycles. The largest absolute Gasteiger partial charge is 0.154 e. The molecule has 0 nitrogen and oxygen atoms in total. The molecule has 0 unspecified atom stereocenters. The molecule has 0 amide bonds. The maximum atomic E-state index is 3.53. The summed E-state index contributed by atoms with van der Waals surface area (Å²) in [7, 11) is 0. The van der Waals surface area contributed by atoms with Crippen molar-refractivity contribution in [2.45, 2.75) is 24.9 Å². The normalized spacial score (nSPS) is 11.5. The number of thioether (sulfide) groups is 1. The lowest BCUT2D eigenvalue weighted by atomic mass is 10.2. The Bertz CT molecular complexity index is 460. The van der Waals surface area contributed by atoms with E-state index in [0.717, 1.165) is 5.75 Å². The fraction of sp³-hybridized carbons (Fsp3) is 0.333. The Morgan fingerprint density at radius 2 is 2.20 bits per heavy atom. The van der Waals surface area contributed by atoms with Crippen LogP contribution in [0.2, 0.25) is 0 Å². The smallest absolute Gasteiger partial charge is 0.0346 e. The van der Waals surface area contributed by atoms with Gasteiger partial charge in [-0.1, -0.05) is 29.8 Å². The Labute approximate surface area is 107 Å².